The van der Waals surface area contributed by atoms with Crippen molar-refractivity contribution in [3.8, 4) is 0 Å². The van der Waals surface area contributed by atoms with Crippen molar-refractivity contribution in [3.63, 3.8) is 0 Å². The summed E-state index contributed by atoms with van der Waals surface area (Å²) in [6, 6.07) is 6.43. The zero-order valence-corrected chi connectivity index (χ0v) is 17.4. The quantitative estimate of drug-likeness (QED) is 0.613. The van der Waals surface area contributed by atoms with Crippen LogP contribution in [0.5, 0.6) is 0 Å². The molecule has 0 amide bonds. The molecule has 3 aromatic rings. The first kappa shape index (κ1) is 21.7. The van der Waals surface area contributed by atoms with Gasteiger partial charge in [-0.25, -0.2) is 9.37 Å². The van der Waals surface area contributed by atoms with E-state index < -0.39 is 0 Å². The number of nitrogens with zero attached hydrogens (tertiary/aromatic N) is 5. The number of hydrogen-bond donors (Lipinski definition) is 2. The minimum absolute atomic E-state index is 0. The van der Waals surface area contributed by atoms with E-state index in [1.165, 1.54) is 12.1 Å². The largest absolute Gasteiger partial charge is 0.378 e. The summed E-state index contributed by atoms with van der Waals surface area (Å²) in [6.07, 6.45) is 4.94. The van der Waals surface area contributed by atoms with Gasteiger partial charge in [0.05, 0.1) is 12.3 Å². The minimum atomic E-state index is -0.279. The average molecular weight is 432 g/mol. The van der Waals surface area contributed by atoms with E-state index in [9.17, 15) is 4.39 Å². The molecule has 30 heavy (non-hydrogen) atoms. The Morgan fingerprint density at radius 1 is 1.20 bits per heavy atom. The predicted octanol–water partition coefficient (Wildman–Crippen LogP) is 3.14. The van der Waals surface area contributed by atoms with Gasteiger partial charge in [0.15, 0.2) is 0 Å². The highest BCUT2D eigenvalue weighted by molar-refractivity contribution is 5.85. The van der Waals surface area contributed by atoms with Crippen LogP contribution in [-0.2, 0) is 4.74 Å². The first-order valence-electron chi connectivity index (χ1n) is 9.28. The molecule has 0 aliphatic carbocycles. The van der Waals surface area contributed by atoms with Crippen LogP contribution in [0.2, 0.25) is 0 Å². The molecule has 1 atom stereocenters. The van der Waals surface area contributed by atoms with Gasteiger partial charge in [-0.2, -0.15) is 9.97 Å². The van der Waals surface area contributed by atoms with Crippen molar-refractivity contribution in [1.82, 2.24) is 19.9 Å². The first-order chi connectivity index (χ1) is 14.0. The predicted molar refractivity (Wildman–Crippen MR) is 116 cm³/mol. The van der Waals surface area contributed by atoms with Crippen molar-refractivity contribution < 1.29 is 9.13 Å². The molecule has 10 heteroatoms. The van der Waals surface area contributed by atoms with E-state index >= 15 is 0 Å². The molecule has 1 saturated heterocycles. The molecule has 1 aliphatic heterocycles. The van der Waals surface area contributed by atoms with Crippen LogP contribution in [0.4, 0.5) is 27.8 Å². The number of rotatable bonds is 6. The van der Waals surface area contributed by atoms with Gasteiger partial charge in [0.2, 0.25) is 5.95 Å². The molecule has 158 valence electrons. The van der Waals surface area contributed by atoms with Crippen molar-refractivity contribution >= 4 is 35.8 Å². The maximum atomic E-state index is 13.4. The molecule has 0 bridgehead atoms. The molecule has 1 aliphatic rings. The Labute approximate surface area is 180 Å². The molecule has 0 saturated carbocycles. The third kappa shape index (κ3) is 4.42. The summed E-state index contributed by atoms with van der Waals surface area (Å²) in [5.41, 5.74) is 7.81. The summed E-state index contributed by atoms with van der Waals surface area (Å²) in [4.78, 5) is 19.4. The average Bonchev–Trinajstić information content (AvgIpc) is 2.68. The summed E-state index contributed by atoms with van der Waals surface area (Å²) < 4.78 is 18.8. The number of aromatic nitrogens is 4. The van der Waals surface area contributed by atoms with Gasteiger partial charge in [0.1, 0.15) is 23.3 Å². The van der Waals surface area contributed by atoms with Crippen molar-refractivity contribution in [2.75, 3.05) is 36.1 Å². The third-order valence-electron chi connectivity index (χ3n) is 5.04. The van der Waals surface area contributed by atoms with Crippen molar-refractivity contribution in [3.05, 3.63) is 59.8 Å². The van der Waals surface area contributed by atoms with Gasteiger partial charge in [0, 0.05) is 44.1 Å². The highest BCUT2D eigenvalue weighted by Crippen LogP contribution is 2.38. The summed E-state index contributed by atoms with van der Waals surface area (Å²) >= 11 is 0. The standard InChI is InChI=1S/C20H22FN7O.ClH/c1-12(13-3-5-14(21)6-4-13)17-18(25-16-9-23-7-8-24-16)26-20(22)27-19(17)28-10-15(11-28)29-2;/h3-9,12,15H,10-11H2,1-2H3,(H3,22,24,25,26,27);1H. The fraction of sp³-hybridized carbons (Fsp3) is 0.300. The number of benzene rings is 1. The molecule has 3 heterocycles. The Morgan fingerprint density at radius 3 is 2.57 bits per heavy atom. The van der Waals surface area contributed by atoms with Gasteiger partial charge in [-0.15, -0.1) is 12.4 Å². The lowest BCUT2D eigenvalue weighted by Gasteiger charge is -2.40. The van der Waals surface area contributed by atoms with E-state index in [0.29, 0.717) is 24.7 Å². The molecule has 3 N–H and O–H groups in total. The Bertz CT molecular complexity index is 984. The van der Waals surface area contributed by atoms with E-state index in [-0.39, 0.29) is 36.2 Å². The fourth-order valence-corrected chi connectivity index (χ4v) is 3.37. The Hall–Kier alpha value is -3.04. The molecule has 0 radical (unpaired) electrons. The SMILES string of the molecule is COC1CN(c2nc(N)nc(Nc3cnccn3)c2C(C)c2ccc(F)cc2)C1.Cl. The minimum Gasteiger partial charge on any atom is -0.378 e. The molecule has 8 nitrogen and oxygen atoms in total. The highest BCUT2D eigenvalue weighted by atomic mass is 35.5. The lowest BCUT2D eigenvalue weighted by atomic mass is 9.92. The summed E-state index contributed by atoms with van der Waals surface area (Å²) in [6.45, 7) is 3.45. The van der Waals surface area contributed by atoms with Crippen molar-refractivity contribution in [2.24, 2.45) is 0 Å². The fourth-order valence-electron chi connectivity index (χ4n) is 3.37. The van der Waals surface area contributed by atoms with Gasteiger partial charge in [-0.05, 0) is 17.7 Å². The maximum absolute atomic E-state index is 13.4. The van der Waals surface area contributed by atoms with E-state index in [4.69, 9.17) is 10.5 Å². The Morgan fingerprint density at radius 2 is 1.93 bits per heavy atom. The first-order valence-corrected chi connectivity index (χ1v) is 9.28. The van der Waals surface area contributed by atoms with Crippen LogP contribution in [0.25, 0.3) is 0 Å². The van der Waals surface area contributed by atoms with Gasteiger partial charge < -0.3 is 20.7 Å². The van der Waals surface area contributed by atoms with Gasteiger partial charge in [0.25, 0.3) is 0 Å². The van der Waals surface area contributed by atoms with Crippen LogP contribution < -0.4 is 16.0 Å². The zero-order chi connectivity index (χ0) is 20.4. The van der Waals surface area contributed by atoms with Crippen molar-refractivity contribution in [2.45, 2.75) is 18.9 Å². The molecule has 1 aromatic carbocycles. The van der Waals surface area contributed by atoms with Crippen molar-refractivity contribution in [1.29, 1.82) is 0 Å². The van der Waals surface area contributed by atoms with E-state index in [1.54, 1.807) is 37.8 Å². The number of methoxy groups -OCH3 is 1. The second kappa shape index (κ2) is 9.19. The van der Waals surface area contributed by atoms with Gasteiger partial charge in [-0.1, -0.05) is 19.1 Å². The van der Waals surface area contributed by atoms with Crippen LogP contribution >= 0.6 is 12.4 Å². The number of hydrogen-bond acceptors (Lipinski definition) is 8. The number of nitrogens with two attached hydrogens (primary N) is 1. The molecule has 1 unspecified atom stereocenters. The smallest absolute Gasteiger partial charge is 0.223 e. The topological polar surface area (TPSA) is 102 Å². The lowest BCUT2D eigenvalue weighted by molar-refractivity contribution is 0.0782. The van der Waals surface area contributed by atoms with Crippen LogP contribution in [0, 0.1) is 5.82 Å². The molecular weight excluding hydrogens is 409 g/mol. The normalized spacial score (nSPS) is 14.6. The second-order valence-corrected chi connectivity index (χ2v) is 6.92. The number of nitrogens with one attached hydrogen (secondary N) is 1. The van der Waals surface area contributed by atoms with E-state index in [2.05, 4.69) is 30.2 Å². The van der Waals surface area contributed by atoms with Gasteiger partial charge in [-0.3, -0.25) is 4.98 Å². The van der Waals surface area contributed by atoms with Crippen LogP contribution in [-0.4, -0.2) is 46.2 Å². The van der Waals surface area contributed by atoms with Crippen LogP contribution in [0.1, 0.15) is 24.0 Å². The number of nitrogen functional groups attached to an aromatic ring is 1. The lowest BCUT2D eigenvalue weighted by Crippen LogP contribution is -2.52. The second-order valence-electron chi connectivity index (χ2n) is 6.92. The molecular formula is C20H23ClFN7O. The van der Waals surface area contributed by atoms with Crippen LogP contribution in [0.3, 0.4) is 0 Å². The molecule has 4 rings (SSSR count). The van der Waals surface area contributed by atoms with E-state index in [1.807, 2.05) is 6.92 Å². The number of ether oxygens (including phenoxy) is 1. The third-order valence-corrected chi connectivity index (χ3v) is 5.04. The summed E-state index contributed by atoms with van der Waals surface area (Å²) in [5, 5.41) is 3.21. The molecule has 2 aromatic heterocycles. The zero-order valence-electron chi connectivity index (χ0n) is 16.6. The number of halogens is 2. The molecule has 0 spiro atoms. The number of anilines is 4. The van der Waals surface area contributed by atoms with Gasteiger partial charge >= 0.3 is 0 Å². The summed E-state index contributed by atoms with van der Waals surface area (Å²) in [5.74, 6) is 1.58. The monoisotopic (exact) mass is 431 g/mol. The molecule has 1 fully saturated rings. The van der Waals surface area contributed by atoms with E-state index in [0.717, 1.165) is 16.9 Å². The Balaban J connectivity index is 0.00000256. The highest BCUT2D eigenvalue weighted by Gasteiger charge is 2.32. The van der Waals surface area contributed by atoms with Crippen LogP contribution in [0.15, 0.2) is 42.9 Å². The Kier molecular flexibility index (Phi) is 6.63. The summed E-state index contributed by atoms with van der Waals surface area (Å²) in [7, 11) is 1.69. The maximum Gasteiger partial charge on any atom is 0.223 e.